The van der Waals surface area contributed by atoms with Gasteiger partial charge in [0.15, 0.2) is 0 Å². The summed E-state index contributed by atoms with van der Waals surface area (Å²) in [5, 5.41) is 39.5. The highest BCUT2D eigenvalue weighted by Crippen LogP contribution is 2.30. The fourth-order valence-electron chi connectivity index (χ4n) is 8.47. The molecule has 1 saturated heterocycles. The summed E-state index contributed by atoms with van der Waals surface area (Å²) in [4.78, 5) is 119. The van der Waals surface area contributed by atoms with Crippen molar-refractivity contribution in [1.29, 1.82) is 0 Å². The van der Waals surface area contributed by atoms with Crippen LogP contribution in [0.15, 0.2) is 79.6 Å². The molecule has 27 heteroatoms. The minimum atomic E-state index is -5.08. The number of likely N-dealkylation sites (tertiary alicyclic amines) is 1. The van der Waals surface area contributed by atoms with Crippen LogP contribution in [0.3, 0.4) is 0 Å². The largest absolute Gasteiger partial charge is 0.508 e. The summed E-state index contributed by atoms with van der Waals surface area (Å²) in [6, 6.07) is 5.28. The summed E-state index contributed by atoms with van der Waals surface area (Å²) >= 11 is 0. The van der Waals surface area contributed by atoms with Gasteiger partial charge in [-0.1, -0.05) is 76.6 Å². The Hall–Kier alpha value is -7.97. The first-order chi connectivity index (χ1) is 37.2. The number of hydrogen-bond acceptors (Lipinski definition) is 12. The number of halogens is 5. The van der Waals surface area contributed by atoms with Gasteiger partial charge in [0.05, 0.1) is 24.7 Å². The fourth-order valence-corrected chi connectivity index (χ4v) is 8.47. The van der Waals surface area contributed by atoms with E-state index in [1.165, 1.54) is 48.0 Å². The van der Waals surface area contributed by atoms with Gasteiger partial charge in [-0.2, -0.15) is 13.2 Å². The minimum Gasteiger partial charge on any atom is -0.508 e. The van der Waals surface area contributed by atoms with Crippen molar-refractivity contribution in [2.75, 3.05) is 6.54 Å². The number of alkyl halides is 5. The molecule has 2 aromatic heterocycles. The van der Waals surface area contributed by atoms with Gasteiger partial charge in [0, 0.05) is 68.9 Å². The molecule has 4 aromatic rings. The number of nitrogens with two attached hydrogens (primary N) is 1. The lowest BCUT2D eigenvalue weighted by molar-refractivity contribution is -0.192. The molecule has 432 valence electrons. The van der Waals surface area contributed by atoms with E-state index >= 15 is 8.78 Å². The first-order valence-corrected chi connectivity index (χ1v) is 25.4. The number of phenolic OH excluding ortho intramolecular Hbond substituents is 1. The van der Waals surface area contributed by atoms with E-state index in [1.54, 1.807) is 64.2 Å². The number of carboxylic acids is 2. The van der Waals surface area contributed by atoms with E-state index in [1.807, 2.05) is 0 Å². The molecular weight excluding hydrogens is 1050 g/mol. The number of nitrogens with zero attached hydrogens (tertiary/aromatic N) is 3. The average Bonchev–Trinajstić information content (AvgIpc) is 4.23. The summed E-state index contributed by atoms with van der Waals surface area (Å²) in [6.45, 7) is 7.00. The number of amides is 6. The molecule has 1 aliphatic heterocycles. The SMILES string of the molecule is CC[C@H](C)[C@H](NC(=O)CCC(F)(F)[C@H](CC(C)C)NC(=O)[C@H](Cc1cnc[nH]1)NC(=O)[C@H](Cc1ccccc1)NC(=O)[C@@H]1CCCN1C(=O)[C@@H](N)Cc1cnc[nH]1)C(=O)N[C@@H](Cc1ccc(O)cc1)C(=O)O.O=C(O)C(F)(F)F. The van der Waals surface area contributed by atoms with Gasteiger partial charge in [0.2, 0.25) is 35.4 Å². The Morgan fingerprint density at radius 3 is 1.82 bits per heavy atom. The molecule has 0 spiro atoms. The molecule has 0 aliphatic carbocycles. The monoisotopic (exact) mass is 1120 g/mol. The Labute approximate surface area is 451 Å². The van der Waals surface area contributed by atoms with E-state index in [9.17, 15) is 56.9 Å². The second-order valence-corrected chi connectivity index (χ2v) is 19.6. The topological polar surface area (TPSA) is 344 Å². The third-order valence-electron chi connectivity index (χ3n) is 12.9. The predicted octanol–water partition coefficient (Wildman–Crippen LogP) is 3.08. The van der Waals surface area contributed by atoms with E-state index in [0.717, 1.165) is 0 Å². The van der Waals surface area contributed by atoms with Crippen molar-refractivity contribution >= 4 is 47.4 Å². The Bertz CT molecular complexity index is 2630. The number of aliphatic carboxylic acids is 2. The van der Waals surface area contributed by atoms with E-state index in [2.05, 4.69) is 46.5 Å². The van der Waals surface area contributed by atoms with Crippen molar-refractivity contribution in [1.82, 2.24) is 51.4 Å². The van der Waals surface area contributed by atoms with Crippen LogP contribution in [0.4, 0.5) is 22.0 Å². The summed E-state index contributed by atoms with van der Waals surface area (Å²) in [7, 11) is 0. The third kappa shape index (κ3) is 20.4. The fraction of sp³-hybridized carbons (Fsp3) is 0.500. The number of carbonyl (C=O) groups is 8. The normalized spacial score (nSPS) is 16.1. The maximum atomic E-state index is 16.4. The van der Waals surface area contributed by atoms with Gasteiger partial charge in [0.1, 0.15) is 36.0 Å². The number of aromatic hydroxyl groups is 1. The minimum absolute atomic E-state index is 0.0309. The molecule has 0 radical (unpaired) electrons. The zero-order valence-corrected chi connectivity index (χ0v) is 43.9. The third-order valence-corrected chi connectivity index (χ3v) is 12.9. The number of aromatic nitrogens is 4. The zero-order valence-electron chi connectivity index (χ0n) is 43.9. The molecule has 12 N–H and O–H groups in total. The van der Waals surface area contributed by atoms with E-state index in [0.29, 0.717) is 41.8 Å². The maximum absolute atomic E-state index is 16.4. The molecule has 22 nitrogen and oxygen atoms in total. The molecule has 1 fully saturated rings. The van der Waals surface area contributed by atoms with Crippen LogP contribution in [-0.4, -0.2) is 148 Å². The molecule has 3 heterocycles. The Morgan fingerprint density at radius 1 is 0.734 bits per heavy atom. The van der Waals surface area contributed by atoms with Crippen molar-refractivity contribution in [3.63, 3.8) is 0 Å². The number of hydrogen-bond donors (Lipinski definition) is 11. The number of carboxylic acid groups (broad SMARTS) is 2. The van der Waals surface area contributed by atoms with Crippen molar-refractivity contribution in [2.24, 2.45) is 17.6 Å². The number of aromatic amines is 2. The molecule has 8 atom stereocenters. The molecule has 79 heavy (non-hydrogen) atoms. The lowest BCUT2D eigenvalue weighted by atomic mass is 9.94. The highest BCUT2D eigenvalue weighted by atomic mass is 19.4. The van der Waals surface area contributed by atoms with Crippen molar-refractivity contribution in [2.45, 2.75) is 146 Å². The molecule has 0 unspecified atom stereocenters. The highest BCUT2D eigenvalue weighted by molar-refractivity contribution is 5.95. The smallest absolute Gasteiger partial charge is 0.490 e. The maximum Gasteiger partial charge on any atom is 0.490 e. The summed E-state index contributed by atoms with van der Waals surface area (Å²) in [6.07, 6.45) is -0.455. The molecular formula is C52H68F5N11O11. The number of H-pyrrole nitrogens is 2. The number of nitrogens with one attached hydrogen (secondary N) is 7. The number of rotatable bonds is 27. The zero-order chi connectivity index (χ0) is 58.6. The van der Waals surface area contributed by atoms with Crippen LogP contribution in [-0.2, 0) is 64.0 Å². The van der Waals surface area contributed by atoms with Crippen LogP contribution in [0, 0.1) is 11.8 Å². The standard InChI is InChI=1S/C50H67F2N11O9.C2HF3O2/c1-5-30(4)43(47(69)60-39(49(71)72)22-32-13-15-35(64)16-14-32)62-42(65)17-18-50(51,52)41(20-29(2)3)61-45(67)38(24-34-26-55-28-57-34)58-44(66)37(21-31-10-7-6-8-11-31)59-46(68)40-12-9-19-63(40)48(70)36(53)23-33-25-54-27-56-33;3-2(4,5)1(6)7/h6-8,10-11,13-16,25-30,36-41,43,64H,5,9,12,17-24,53H2,1-4H3,(H,54,56)(H,55,57)(H,58,66)(H,59,68)(H,60,69)(H,61,67)(H,62,65)(H,71,72);(H,6,7)/t30-,36-,37-,38-,39-,40-,41-,43-;/m0./s1. The molecule has 6 amide bonds. The van der Waals surface area contributed by atoms with Gasteiger partial charge >= 0.3 is 18.1 Å². The predicted molar refractivity (Wildman–Crippen MR) is 273 cm³/mol. The summed E-state index contributed by atoms with van der Waals surface area (Å²) in [5.74, 6) is -13.4. The van der Waals surface area contributed by atoms with Crippen molar-refractivity contribution < 1.29 is 75.6 Å². The van der Waals surface area contributed by atoms with Crippen LogP contribution >= 0.6 is 0 Å². The molecule has 0 saturated carbocycles. The number of imidazole rings is 2. The summed E-state index contributed by atoms with van der Waals surface area (Å²) < 4.78 is 64.6. The van der Waals surface area contributed by atoms with Crippen molar-refractivity contribution in [3.05, 3.63) is 102 Å². The number of benzene rings is 2. The van der Waals surface area contributed by atoms with E-state index in [4.69, 9.17) is 15.6 Å². The van der Waals surface area contributed by atoms with Crippen LogP contribution in [0.25, 0.3) is 0 Å². The number of carbonyl (C=O) groups excluding carboxylic acids is 6. The number of phenols is 1. The van der Waals surface area contributed by atoms with Gasteiger partial charge in [0.25, 0.3) is 5.92 Å². The van der Waals surface area contributed by atoms with Gasteiger partial charge in [-0.05, 0) is 54.4 Å². The molecule has 2 aromatic carbocycles. The molecule has 5 rings (SSSR count). The second-order valence-electron chi connectivity index (χ2n) is 19.6. The first kappa shape index (κ1) is 63.6. The van der Waals surface area contributed by atoms with Crippen LogP contribution in [0.5, 0.6) is 5.75 Å². The molecule has 1 aliphatic rings. The Kier molecular flexibility index (Phi) is 23.9. The van der Waals surface area contributed by atoms with E-state index in [-0.39, 0.29) is 50.3 Å². The van der Waals surface area contributed by atoms with Gasteiger partial charge in [-0.3, -0.25) is 28.8 Å². The average molecular weight is 1120 g/mol. The second kappa shape index (κ2) is 29.7. The van der Waals surface area contributed by atoms with Gasteiger partial charge in [-0.15, -0.1) is 0 Å². The summed E-state index contributed by atoms with van der Waals surface area (Å²) in [5.41, 5.74) is 8.44. The lowest BCUT2D eigenvalue weighted by Crippen LogP contribution is -2.60. The van der Waals surface area contributed by atoms with Crippen molar-refractivity contribution in [3.8, 4) is 5.75 Å². The lowest BCUT2D eigenvalue weighted by Gasteiger charge is -2.32. The van der Waals surface area contributed by atoms with Gasteiger partial charge in [-0.25, -0.2) is 28.3 Å². The van der Waals surface area contributed by atoms with Gasteiger partial charge < -0.3 is 62.5 Å². The van der Waals surface area contributed by atoms with Crippen LogP contribution < -0.4 is 32.3 Å². The first-order valence-electron chi connectivity index (χ1n) is 25.4. The quantitative estimate of drug-likeness (QED) is 0.0383. The highest BCUT2D eigenvalue weighted by Gasteiger charge is 2.44. The van der Waals surface area contributed by atoms with Crippen LogP contribution in [0.1, 0.15) is 88.7 Å². The Balaban J connectivity index is 0.00000179. The van der Waals surface area contributed by atoms with Crippen LogP contribution in [0.2, 0.25) is 0 Å². The molecule has 0 bridgehead atoms. The Morgan fingerprint density at radius 2 is 1.28 bits per heavy atom. The van der Waals surface area contributed by atoms with E-state index < -0.39 is 121 Å².